The van der Waals surface area contributed by atoms with Crippen molar-refractivity contribution in [2.24, 2.45) is 0 Å². The van der Waals surface area contributed by atoms with Crippen LogP contribution in [0.2, 0.25) is 0 Å². The first-order valence-corrected chi connectivity index (χ1v) is 11.7. The molecular formula is C25H30N4O3. The Morgan fingerprint density at radius 1 is 1.19 bits per heavy atom. The third-order valence-corrected chi connectivity index (χ3v) is 7.02. The van der Waals surface area contributed by atoms with Crippen molar-refractivity contribution in [2.45, 2.75) is 76.5 Å². The van der Waals surface area contributed by atoms with Crippen LogP contribution in [0.25, 0.3) is 11.1 Å². The summed E-state index contributed by atoms with van der Waals surface area (Å²) in [5, 5.41) is 3.31. The Hall–Kier alpha value is -3.09. The molecule has 2 aliphatic rings. The minimum absolute atomic E-state index is 0.0941. The number of aromatic nitrogens is 2. The van der Waals surface area contributed by atoms with Crippen LogP contribution in [0.5, 0.6) is 0 Å². The van der Waals surface area contributed by atoms with Crippen molar-refractivity contribution in [3.63, 3.8) is 0 Å². The molecular weight excluding hydrogens is 404 g/mol. The molecule has 0 spiro atoms. The summed E-state index contributed by atoms with van der Waals surface area (Å²) < 4.78 is 7.47. The van der Waals surface area contributed by atoms with Crippen molar-refractivity contribution in [1.29, 1.82) is 0 Å². The third kappa shape index (κ3) is 3.70. The van der Waals surface area contributed by atoms with E-state index in [4.69, 9.17) is 4.42 Å². The van der Waals surface area contributed by atoms with Gasteiger partial charge in [0.05, 0.1) is 30.6 Å². The molecule has 0 saturated heterocycles. The summed E-state index contributed by atoms with van der Waals surface area (Å²) in [6.45, 7) is 2.53. The third-order valence-electron chi connectivity index (χ3n) is 7.02. The Morgan fingerprint density at radius 3 is 2.72 bits per heavy atom. The monoisotopic (exact) mass is 434 g/mol. The average Bonchev–Trinajstić information content (AvgIpc) is 3.36. The van der Waals surface area contributed by atoms with Crippen LogP contribution >= 0.6 is 0 Å². The zero-order chi connectivity index (χ0) is 22.1. The van der Waals surface area contributed by atoms with Crippen LogP contribution in [0.4, 0.5) is 0 Å². The van der Waals surface area contributed by atoms with Gasteiger partial charge in [-0.3, -0.25) is 14.6 Å². The number of nitrogens with one attached hydrogen (secondary N) is 1. The number of hydrogen-bond donors (Lipinski definition) is 1. The molecule has 1 aliphatic heterocycles. The quantitative estimate of drug-likeness (QED) is 0.665. The molecule has 1 atom stereocenters. The Labute approximate surface area is 187 Å². The second-order valence-corrected chi connectivity index (χ2v) is 9.29. The van der Waals surface area contributed by atoms with Crippen molar-refractivity contribution in [3.8, 4) is 0 Å². The van der Waals surface area contributed by atoms with Crippen molar-refractivity contribution in [2.75, 3.05) is 0 Å². The summed E-state index contributed by atoms with van der Waals surface area (Å²) in [4.78, 5) is 33.5. The van der Waals surface area contributed by atoms with Gasteiger partial charge in [-0.2, -0.15) is 0 Å². The van der Waals surface area contributed by atoms with Gasteiger partial charge in [-0.1, -0.05) is 38.2 Å². The van der Waals surface area contributed by atoms with Crippen LogP contribution in [-0.2, 0) is 17.9 Å². The zero-order valence-electron chi connectivity index (χ0n) is 18.5. The fraction of sp³-hybridized carbons (Fsp3) is 0.480. The standard InChI is InChI=1S/C25H30N4O3/c1-25(24(31)27-18-9-5-3-2-4-6-10-18)17-28-20-12-14-32-22(20)15-21(28)23(30)29(25)16-19-11-7-8-13-26-19/h7-8,11-15,18H,2-6,9-10,16-17H2,1H3,(H,27,31)/t25-/m1/s1. The Balaban J connectivity index is 1.49. The summed E-state index contributed by atoms with van der Waals surface area (Å²) in [7, 11) is 0. The molecule has 1 N–H and O–H groups in total. The molecule has 0 bridgehead atoms. The second kappa shape index (κ2) is 8.45. The van der Waals surface area contributed by atoms with Crippen LogP contribution in [0, 0.1) is 0 Å². The van der Waals surface area contributed by atoms with Crippen LogP contribution in [0.15, 0.2) is 47.2 Å². The molecule has 7 nitrogen and oxygen atoms in total. The highest BCUT2D eigenvalue weighted by Gasteiger charge is 2.48. The van der Waals surface area contributed by atoms with Gasteiger partial charge in [-0.15, -0.1) is 0 Å². The summed E-state index contributed by atoms with van der Waals surface area (Å²) >= 11 is 0. The lowest BCUT2D eigenvalue weighted by atomic mass is 9.92. The maximum atomic E-state index is 13.8. The maximum Gasteiger partial charge on any atom is 0.271 e. The molecule has 0 aromatic carbocycles. The molecule has 1 saturated carbocycles. The topological polar surface area (TPSA) is 80.4 Å². The largest absolute Gasteiger partial charge is 0.463 e. The van der Waals surface area contributed by atoms with Crippen molar-refractivity contribution in [3.05, 3.63) is 54.2 Å². The van der Waals surface area contributed by atoms with E-state index in [2.05, 4.69) is 10.3 Å². The van der Waals surface area contributed by atoms with Gasteiger partial charge in [0, 0.05) is 24.4 Å². The van der Waals surface area contributed by atoms with E-state index in [0.717, 1.165) is 36.9 Å². The van der Waals surface area contributed by atoms with Crippen LogP contribution in [0.1, 0.15) is 68.1 Å². The SMILES string of the molecule is C[C@]1(C(=O)NC2CCCCCCC2)Cn2c(cc3occc32)C(=O)N1Cc1ccccn1. The molecule has 2 amide bonds. The van der Waals surface area contributed by atoms with E-state index < -0.39 is 5.54 Å². The molecule has 3 aromatic heterocycles. The number of carbonyl (C=O) groups excluding carboxylic acids is 2. The second-order valence-electron chi connectivity index (χ2n) is 9.29. The molecule has 168 valence electrons. The fourth-order valence-electron chi connectivity index (χ4n) is 5.12. The van der Waals surface area contributed by atoms with Gasteiger partial charge in [-0.05, 0) is 31.9 Å². The van der Waals surface area contributed by atoms with E-state index in [0.29, 0.717) is 17.8 Å². The van der Waals surface area contributed by atoms with E-state index in [-0.39, 0.29) is 24.4 Å². The number of furan rings is 1. The normalized spacial score (nSPS) is 22.4. The number of carbonyl (C=O) groups is 2. The lowest BCUT2D eigenvalue weighted by Gasteiger charge is -2.44. The van der Waals surface area contributed by atoms with Crippen LogP contribution in [0.3, 0.4) is 0 Å². The van der Waals surface area contributed by atoms with Gasteiger partial charge in [-0.25, -0.2) is 0 Å². The van der Waals surface area contributed by atoms with Gasteiger partial charge < -0.3 is 19.2 Å². The highest BCUT2D eigenvalue weighted by Crippen LogP contribution is 2.34. The van der Waals surface area contributed by atoms with E-state index in [1.807, 2.05) is 35.8 Å². The van der Waals surface area contributed by atoms with Crippen molar-refractivity contribution < 1.29 is 14.0 Å². The predicted octanol–water partition coefficient (Wildman–Crippen LogP) is 4.27. The first kappa shape index (κ1) is 20.8. The highest BCUT2D eigenvalue weighted by atomic mass is 16.3. The Morgan fingerprint density at radius 2 is 1.97 bits per heavy atom. The average molecular weight is 435 g/mol. The number of amides is 2. The van der Waals surface area contributed by atoms with Crippen LogP contribution in [-0.4, -0.2) is 37.8 Å². The summed E-state index contributed by atoms with van der Waals surface area (Å²) in [5.41, 5.74) is 1.78. The molecule has 3 aromatic rings. The van der Waals surface area contributed by atoms with E-state index in [1.54, 1.807) is 23.4 Å². The van der Waals surface area contributed by atoms with E-state index >= 15 is 0 Å². The van der Waals surface area contributed by atoms with Gasteiger partial charge in [0.1, 0.15) is 11.2 Å². The lowest BCUT2D eigenvalue weighted by Crippen LogP contribution is -2.64. The smallest absolute Gasteiger partial charge is 0.271 e. The molecule has 32 heavy (non-hydrogen) atoms. The van der Waals surface area contributed by atoms with E-state index in [1.165, 1.54) is 19.3 Å². The first-order chi connectivity index (χ1) is 15.6. The number of rotatable bonds is 4. The minimum atomic E-state index is -1.03. The lowest BCUT2D eigenvalue weighted by molar-refractivity contribution is -0.134. The van der Waals surface area contributed by atoms with Gasteiger partial charge in [0.25, 0.3) is 5.91 Å². The first-order valence-electron chi connectivity index (χ1n) is 11.7. The minimum Gasteiger partial charge on any atom is -0.463 e. The molecule has 4 heterocycles. The summed E-state index contributed by atoms with van der Waals surface area (Å²) in [6, 6.07) is 9.43. The Bertz CT molecular complexity index is 1110. The Kier molecular flexibility index (Phi) is 5.49. The van der Waals surface area contributed by atoms with Crippen LogP contribution < -0.4 is 5.32 Å². The van der Waals surface area contributed by atoms with Gasteiger partial charge in [0.2, 0.25) is 5.91 Å². The molecule has 1 aliphatic carbocycles. The van der Waals surface area contributed by atoms with Crippen molar-refractivity contribution in [1.82, 2.24) is 19.8 Å². The number of fused-ring (bicyclic) bond motifs is 3. The number of hydrogen-bond acceptors (Lipinski definition) is 4. The molecule has 0 radical (unpaired) electrons. The predicted molar refractivity (Wildman–Crippen MR) is 121 cm³/mol. The maximum absolute atomic E-state index is 13.8. The molecule has 5 rings (SSSR count). The molecule has 1 fully saturated rings. The number of nitrogens with zero attached hydrogens (tertiary/aromatic N) is 3. The summed E-state index contributed by atoms with van der Waals surface area (Å²) in [6.07, 6.45) is 11.3. The van der Waals surface area contributed by atoms with Gasteiger partial charge >= 0.3 is 0 Å². The summed E-state index contributed by atoms with van der Waals surface area (Å²) in [5.74, 6) is -0.271. The van der Waals surface area contributed by atoms with Crippen molar-refractivity contribution >= 4 is 22.9 Å². The van der Waals surface area contributed by atoms with E-state index in [9.17, 15) is 9.59 Å². The highest BCUT2D eigenvalue weighted by molar-refractivity contribution is 6.02. The zero-order valence-corrected chi connectivity index (χ0v) is 18.5. The molecule has 7 heteroatoms. The van der Waals surface area contributed by atoms with Gasteiger partial charge in [0.15, 0.2) is 5.58 Å². The number of pyridine rings is 1. The molecule has 0 unspecified atom stereocenters. The fourth-order valence-corrected chi connectivity index (χ4v) is 5.12.